The molecule has 0 aliphatic rings. The molecule has 0 bridgehead atoms. The van der Waals surface area contributed by atoms with Crippen LogP contribution >= 0.6 is 0 Å². The minimum Gasteiger partial charge on any atom is -0.497 e. The minimum atomic E-state index is -1.16. The Bertz CT molecular complexity index is 431. The van der Waals surface area contributed by atoms with E-state index in [4.69, 9.17) is 10.00 Å². The maximum atomic E-state index is 10.5. The zero-order chi connectivity index (χ0) is 12.9. The van der Waals surface area contributed by atoms with Crippen LogP contribution in [-0.4, -0.2) is 12.2 Å². The first-order valence-corrected chi connectivity index (χ1v) is 5.40. The van der Waals surface area contributed by atoms with Crippen LogP contribution in [0.2, 0.25) is 0 Å². The molecule has 0 radical (unpaired) electrons. The molecule has 1 rings (SSSR count). The standard InChI is InChI=1S/C14H17NO2/c1-11(2)10-14(16,8-9-15)12-4-6-13(17-3)7-5-12/h4-7,16H,1,8,10H2,2-3H3. The topological polar surface area (TPSA) is 53.2 Å². The summed E-state index contributed by atoms with van der Waals surface area (Å²) < 4.78 is 5.06. The van der Waals surface area contributed by atoms with Crippen molar-refractivity contribution in [3.05, 3.63) is 42.0 Å². The third kappa shape index (κ3) is 3.33. The van der Waals surface area contributed by atoms with Gasteiger partial charge in [-0.05, 0) is 24.6 Å². The van der Waals surface area contributed by atoms with E-state index in [1.165, 1.54) is 0 Å². The SMILES string of the molecule is C=C(C)CC(O)(CC#N)c1ccc(OC)cc1. The predicted octanol–water partition coefficient (Wildman–Crippen LogP) is 2.76. The Kier molecular flexibility index (Phi) is 4.30. The van der Waals surface area contributed by atoms with Gasteiger partial charge in [-0.3, -0.25) is 0 Å². The molecule has 3 nitrogen and oxygen atoms in total. The van der Waals surface area contributed by atoms with Crippen molar-refractivity contribution in [2.24, 2.45) is 0 Å². The molecule has 1 aromatic rings. The Morgan fingerprint density at radius 1 is 1.47 bits per heavy atom. The highest BCUT2D eigenvalue weighted by atomic mass is 16.5. The second-order valence-electron chi connectivity index (χ2n) is 4.23. The predicted molar refractivity (Wildman–Crippen MR) is 66.6 cm³/mol. The number of rotatable bonds is 5. The molecule has 17 heavy (non-hydrogen) atoms. The lowest BCUT2D eigenvalue weighted by Gasteiger charge is -2.26. The highest BCUT2D eigenvalue weighted by Gasteiger charge is 2.29. The van der Waals surface area contributed by atoms with Gasteiger partial charge in [-0.15, -0.1) is 6.58 Å². The summed E-state index contributed by atoms with van der Waals surface area (Å²) in [7, 11) is 1.59. The van der Waals surface area contributed by atoms with Crippen molar-refractivity contribution in [3.63, 3.8) is 0 Å². The van der Waals surface area contributed by atoms with Crippen LogP contribution in [-0.2, 0) is 5.60 Å². The summed E-state index contributed by atoms with van der Waals surface area (Å²) in [6.07, 6.45) is 0.430. The summed E-state index contributed by atoms with van der Waals surface area (Å²) in [4.78, 5) is 0. The van der Waals surface area contributed by atoms with Crippen LogP contribution in [0.4, 0.5) is 0 Å². The Morgan fingerprint density at radius 3 is 2.47 bits per heavy atom. The molecule has 0 saturated carbocycles. The lowest BCUT2D eigenvalue weighted by Crippen LogP contribution is -2.25. The molecule has 0 amide bonds. The van der Waals surface area contributed by atoms with Gasteiger partial charge in [0.25, 0.3) is 0 Å². The summed E-state index contributed by atoms with van der Waals surface area (Å²) in [5, 5.41) is 19.3. The van der Waals surface area contributed by atoms with E-state index in [1.807, 2.05) is 13.0 Å². The Labute approximate surface area is 102 Å². The second-order valence-corrected chi connectivity index (χ2v) is 4.23. The Balaban J connectivity index is 3.04. The van der Waals surface area contributed by atoms with Gasteiger partial charge in [-0.25, -0.2) is 0 Å². The fourth-order valence-electron chi connectivity index (χ4n) is 1.80. The van der Waals surface area contributed by atoms with E-state index < -0.39 is 5.60 Å². The van der Waals surface area contributed by atoms with E-state index in [-0.39, 0.29) is 6.42 Å². The molecular weight excluding hydrogens is 214 g/mol. The van der Waals surface area contributed by atoms with Crippen molar-refractivity contribution in [1.82, 2.24) is 0 Å². The molecule has 0 spiro atoms. The number of methoxy groups -OCH3 is 1. The monoisotopic (exact) mass is 231 g/mol. The molecule has 0 aliphatic heterocycles. The molecule has 90 valence electrons. The summed E-state index contributed by atoms with van der Waals surface area (Å²) >= 11 is 0. The zero-order valence-corrected chi connectivity index (χ0v) is 10.2. The quantitative estimate of drug-likeness (QED) is 0.793. The van der Waals surface area contributed by atoms with Gasteiger partial charge in [0, 0.05) is 6.42 Å². The summed E-state index contributed by atoms with van der Waals surface area (Å²) in [5.41, 5.74) is 0.397. The molecule has 1 unspecified atom stereocenters. The maximum absolute atomic E-state index is 10.5. The van der Waals surface area contributed by atoms with Crippen molar-refractivity contribution in [2.45, 2.75) is 25.4 Å². The number of aliphatic hydroxyl groups is 1. The molecule has 0 aromatic heterocycles. The molecule has 0 heterocycles. The van der Waals surface area contributed by atoms with E-state index >= 15 is 0 Å². The van der Waals surface area contributed by atoms with Crippen molar-refractivity contribution in [2.75, 3.05) is 7.11 Å². The fraction of sp³-hybridized carbons (Fsp3) is 0.357. The number of benzene rings is 1. The van der Waals surface area contributed by atoms with Gasteiger partial charge >= 0.3 is 0 Å². The lowest BCUT2D eigenvalue weighted by molar-refractivity contribution is 0.0419. The molecule has 1 atom stereocenters. The zero-order valence-electron chi connectivity index (χ0n) is 10.2. The van der Waals surface area contributed by atoms with Crippen molar-refractivity contribution in [1.29, 1.82) is 5.26 Å². The van der Waals surface area contributed by atoms with E-state index in [1.54, 1.807) is 31.4 Å². The fourth-order valence-corrected chi connectivity index (χ4v) is 1.80. The Morgan fingerprint density at radius 2 is 2.06 bits per heavy atom. The molecule has 3 heteroatoms. The number of ether oxygens (including phenoxy) is 1. The maximum Gasteiger partial charge on any atom is 0.118 e. The minimum absolute atomic E-state index is 0.0478. The first-order valence-electron chi connectivity index (χ1n) is 5.40. The van der Waals surface area contributed by atoms with E-state index in [0.29, 0.717) is 12.0 Å². The average molecular weight is 231 g/mol. The Hall–Kier alpha value is -1.79. The molecule has 1 aromatic carbocycles. The van der Waals surface area contributed by atoms with Crippen molar-refractivity contribution >= 4 is 0 Å². The van der Waals surface area contributed by atoms with Crippen molar-refractivity contribution < 1.29 is 9.84 Å². The van der Waals surface area contributed by atoms with Crippen LogP contribution in [0, 0.1) is 11.3 Å². The number of nitriles is 1. The van der Waals surface area contributed by atoms with Crippen LogP contribution < -0.4 is 4.74 Å². The van der Waals surface area contributed by atoms with E-state index in [9.17, 15) is 5.11 Å². The highest BCUT2D eigenvalue weighted by molar-refractivity contribution is 5.32. The second kappa shape index (κ2) is 5.51. The van der Waals surface area contributed by atoms with Gasteiger partial charge in [0.1, 0.15) is 11.4 Å². The average Bonchev–Trinajstić information content (AvgIpc) is 2.28. The summed E-state index contributed by atoms with van der Waals surface area (Å²) in [5.74, 6) is 0.725. The van der Waals surface area contributed by atoms with Crippen molar-refractivity contribution in [3.8, 4) is 11.8 Å². The van der Waals surface area contributed by atoms with Gasteiger partial charge in [-0.2, -0.15) is 5.26 Å². The van der Waals surface area contributed by atoms with Crippen LogP contribution in [0.1, 0.15) is 25.3 Å². The summed E-state index contributed by atoms with van der Waals surface area (Å²) in [6.45, 7) is 5.63. The smallest absolute Gasteiger partial charge is 0.118 e. The first kappa shape index (κ1) is 13.3. The normalized spacial score (nSPS) is 13.5. The molecule has 1 N–H and O–H groups in total. The van der Waals surface area contributed by atoms with Crippen LogP contribution in [0.5, 0.6) is 5.75 Å². The molecule has 0 saturated heterocycles. The number of nitrogens with zero attached hydrogens (tertiary/aromatic N) is 1. The van der Waals surface area contributed by atoms with Crippen LogP contribution in [0.15, 0.2) is 36.4 Å². The van der Waals surface area contributed by atoms with Gasteiger partial charge in [0.2, 0.25) is 0 Å². The van der Waals surface area contributed by atoms with Crippen LogP contribution in [0.25, 0.3) is 0 Å². The highest BCUT2D eigenvalue weighted by Crippen LogP contribution is 2.32. The number of hydrogen-bond donors (Lipinski definition) is 1. The third-order valence-electron chi connectivity index (χ3n) is 2.59. The van der Waals surface area contributed by atoms with Gasteiger partial charge in [-0.1, -0.05) is 17.7 Å². The first-order chi connectivity index (χ1) is 8.01. The van der Waals surface area contributed by atoms with E-state index in [0.717, 1.165) is 11.3 Å². The van der Waals surface area contributed by atoms with Gasteiger partial charge in [0.15, 0.2) is 0 Å². The third-order valence-corrected chi connectivity index (χ3v) is 2.59. The molecule has 0 aliphatic carbocycles. The van der Waals surface area contributed by atoms with E-state index in [2.05, 4.69) is 6.58 Å². The lowest BCUT2D eigenvalue weighted by atomic mass is 9.85. The van der Waals surface area contributed by atoms with Gasteiger partial charge in [0.05, 0.1) is 19.6 Å². The molecular formula is C14H17NO2. The largest absolute Gasteiger partial charge is 0.497 e. The van der Waals surface area contributed by atoms with Gasteiger partial charge < -0.3 is 9.84 Å². The summed E-state index contributed by atoms with van der Waals surface area (Å²) in [6, 6.07) is 9.12. The molecule has 0 fully saturated rings. The van der Waals surface area contributed by atoms with Crippen LogP contribution in [0.3, 0.4) is 0 Å². The number of hydrogen-bond acceptors (Lipinski definition) is 3.